The maximum atomic E-state index is 13.0. The van der Waals surface area contributed by atoms with Crippen LogP contribution in [0.5, 0.6) is 17.2 Å². The van der Waals surface area contributed by atoms with Crippen LogP contribution in [-0.2, 0) is 4.74 Å². The van der Waals surface area contributed by atoms with Gasteiger partial charge in [-0.2, -0.15) is 0 Å². The molecule has 8 nitrogen and oxygen atoms in total. The second-order valence-corrected chi connectivity index (χ2v) is 7.39. The minimum Gasteiger partial charge on any atom is -0.486 e. The maximum absolute atomic E-state index is 13.0. The second-order valence-electron chi connectivity index (χ2n) is 7.39. The molecule has 1 saturated heterocycles. The minimum atomic E-state index is -0.892. The van der Waals surface area contributed by atoms with Gasteiger partial charge in [0.25, 0.3) is 0 Å². The summed E-state index contributed by atoms with van der Waals surface area (Å²) in [6, 6.07) is 9.97. The number of methoxy groups -OCH3 is 1. The summed E-state index contributed by atoms with van der Waals surface area (Å²) in [6.45, 7) is 2.85. The number of carbonyl (C=O) groups excluding carboxylic acids is 2. The molecule has 3 aliphatic rings. The second kappa shape index (κ2) is 6.30. The Morgan fingerprint density at radius 3 is 2.69 bits per heavy atom. The van der Waals surface area contributed by atoms with Gasteiger partial charge in [-0.3, -0.25) is 4.90 Å². The van der Waals surface area contributed by atoms with E-state index in [4.69, 9.17) is 18.9 Å². The molecular weight excluding hydrogens is 376 g/mol. The van der Waals surface area contributed by atoms with Gasteiger partial charge in [-0.25, -0.2) is 9.59 Å². The minimum absolute atomic E-state index is 0.269. The Balaban J connectivity index is 1.53. The molecule has 3 heterocycles. The number of urea groups is 1. The molecule has 0 spiro atoms. The summed E-state index contributed by atoms with van der Waals surface area (Å²) in [6.07, 6.45) is 0.519. The number of amides is 2. The predicted molar refractivity (Wildman–Crippen MR) is 103 cm³/mol. The third-order valence-corrected chi connectivity index (χ3v) is 5.48. The molecule has 29 heavy (non-hydrogen) atoms. The zero-order valence-electron chi connectivity index (χ0n) is 16.1. The van der Waals surface area contributed by atoms with E-state index < -0.39 is 11.7 Å². The van der Waals surface area contributed by atoms with E-state index >= 15 is 0 Å². The number of anilines is 1. The molecule has 2 amide bonds. The highest BCUT2D eigenvalue weighted by molar-refractivity contribution is 5.95. The van der Waals surface area contributed by atoms with Crippen molar-refractivity contribution in [3.8, 4) is 17.2 Å². The monoisotopic (exact) mass is 396 g/mol. The van der Waals surface area contributed by atoms with Gasteiger partial charge in [-0.1, -0.05) is 0 Å². The molecule has 1 N–H and O–H groups in total. The van der Waals surface area contributed by atoms with Crippen molar-refractivity contribution in [2.75, 3.05) is 25.2 Å². The van der Waals surface area contributed by atoms with Crippen LogP contribution in [0.3, 0.4) is 0 Å². The van der Waals surface area contributed by atoms with Crippen molar-refractivity contribution >= 4 is 17.7 Å². The highest BCUT2D eigenvalue weighted by Crippen LogP contribution is 2.47. The van der Waals surface area contributed by atoms with E-state index in [9.17, 15) is 9.59 Å². The molecule has 2 atom stereocenters. The first-order valence-electron chi connectivity index (χ1n) is 9.40. The molecule has 0 saturated carbocycles. The fourth-order valence-corrected chi connectivity index (χ4v) is 4.18. The lowest BCUT2D eigenvalue weighted by molar-refractivity contribution is 0.0377. The van der Waals surface area contributed by atoms with Crippen molar-refractivity contribution in [1.82, 2.24) is 5.32 Å². The van der Waals surface area contributed by atoms with Gasteiger partial charge in [0.15, 0.2) is 17.2 Å². The zero-order valence-corrected chi connectivity index (χ0v) is 16.1. The van der Waals surface area contributed by atoms with Gasteiger partial charge in [0.05, 0.1) is 24.4 Å². The summed E-state index contributed by atoms with van der Waals surface area (Å²) >= 11 is 0. The molecule has 0 unspecified atom stereocenters. The topological polar surface area (TPSA) is 86.3 Å². The SMILES string of the molecule is COC(=O)c1ccc2c(c1)[C@@H]1C[C@@](C)(O2)N(c2ccc3c(c2)OCCO3)C(=O)N1. The Hall–Kier alpha value is -3.42. The van der Waals surface area contributed by atoms with Crippen molar-refractivity contribution < 1.29 is 28.5 Å². The highest BCUT2D eigenvalue weighted by atomic mass is 16.6. The van der Waals surface area contributed by atoms with E-state index in [0.29, 0.717) is 48.1 Å². The molecule has 5 rings (SSSR count). The first-order chi connectivity index (χ1) is 14.0. The molecule has 0 aromatic heterocycles. The number of rotatable bonds is 2. The number of nitrogens with one attached hydrogen (secondary N) is 1. The quantitative estimate of drug-likeness (QED) is 0.786. The summed E-state index contributed by atoms with van der Waals surface area (Å²) in [7, 11) is 1.34. The maximum Gasteiger partial charge on any atom is 0.337 e. The van der Waals surface area contributed by atoms with E-state index in [2.05, 4.69) is 5.32 Å². The van der Waals surface area contributed by atoms with Crippen molar-refractivity contribution in [2.45, 2.75) is 25.1 Å². The lowest BCUT2D eigenvalue weighted by Gasteiger charge is -2.50. The van der Waals surface area contributed by atoms with Crippen molar-refractivity contribution in [3.05, 3.63) is 47.5 Å². The average molecular weight is 396 g/mol. The van der Waals surface area contributed by atoms with E-state index in [1.54, 1.807) is 35.2 Å². The molecule has 1 fully saturated rings. The van der Waals surface area contributed by atoms with Gasteiger partial charge in [-0.05, 0) is 37.3 Å². The van der Waals surface area contributed by atoms with Gasteiger partial charge in [-0.15, -0.1) is 0 Å². The van der Waals surface area contributed by atoms with Crippen molar-refractivity contribution in [2.24, 2.45) is 0 Å². The lowest BCUT2D eigenvalue weighted by atomic mass is 9.89. The van der Waals surface area contributed by atoms with Crippen LogP contribution < -0.4 is 24.4 Å². The van der Waals surface area contributed by atoms with Crippen LogP contribution in [0.2, 0.25) is 0 Å². The molecule has 150 valence electrons. The number of esters is 1. The van der Waals surface area contributed by atoms with Crippen LogP contribution in [0.15, 0.2) is 36.4 Å². The summed E-state index contributed by atoms with van der Waals surface area (Å²) in [5.41, 5.74) is 0.946. The fourth-order valence-electron chi connectivity index (χ4n) is 4.18. The van der Waals surface area contributed by atoms with Gasteiger partial charge in [0.2, 0.25) is 0 Å². The summed E-state index contributed by atoms with van der Waals surface area (Å²) in [5.74, 6) is 1.46. The summed E-state index contributed by atoms with van der Waals surface area (Å²) < 4.78 is 22.3. The number of ether oxygens (including phenoxy) is 4. The lowest BCUT2D eigenvalue weighted by Crippen LogP contribution is -2.65. The zero-order chi connectivity index (χ0) is 20.2. The van der Waals surface area contributed by atoms with E-state index in [0.717, 1.165) is 5.56 Å². The number of carbonyl (C=O) groups is 2. The largest absolute Gasteiger partial charge is 0.486 e. The molecule has 2 aromatic carbocycles. The normalized spacial score (nSPS) is 24.1. The van der Waals surface area contributed by atoms with Crippen molar-refractivity contribution in [3.63, 3.8) is 0 Å². The van der Waals surface area contributed by atoms with Crippen LogP contribution in [0.1, 0.15) is 35.3 Å². The molecule has 0 radical (unpaired) electrons. The van der Waals surface area contributed by atoms with E-state index in [1.807, 2.05) is 13.0 Å². The summed E-state index contributed by atoms with van der Waals surface area (Å²) in [4.78, 5) is 26.5. The number of benzene rings is 2. The molecule has 2 aromatic rings. The summed E-state index contributed by atoms with van der Waals surface area (Å²) in [5, 5.41) is 3.02. The number of hydrogen-bond acceptors (Lipinski definition) is 6. The van der Waals surface area contributed by atoms with Gasteiger partial charge >= 0.3 is 12.0 Å². The molecule has 2 bridgehead atoms. The first kappa shape index (κ1) is 17.7. The van der Waals surface area contributed by atoms with Crippen LogP contribution in [-0.4, -0.2) is 38.0 Å². The Labute approximate surface area is 167 Å². The first-order valence-corrected chi connectivity index (χ1v) is 9.40. The fraction of sp³-hybridized carbons (Fsp3) is 0.333. The Bertz CT molecular complexity index is 1020. The van der Waals surface area contributed by atoms with Crippen LogP contribution in [0.25, 0.3) is 0 Å². The van der Waals surface area contributed by atoms with Crippen LogP contribution in [0, 0.1) is 0 Å². The molecule has 0 aliphatic carbocycles. The predicted octanol–water partition coefficient (Wildman–Crippen LogP) is 3.01. The Kier molecular flexibility index (Phi) is 3.84. The van der Waals surface area contributed by atoms with Gasteiger partial charge < -0.3 is 24.3 Å². The number of nitrogens with zero attached hydrogens (tertiary/aromatic N) is 1. The molecule has 3 aliphatic heterocycles. The Morgan fingerprint density at radius 2 is 1.90 bits per heavy atom. The highest BCUT2D eigenvalue weighted by Gasteiger charge is 2.50. The smallest absolute Gasteiger partial charge is 0.337 e. The number of hydrogen-bond donors (Lipinski definition) is 1. The average Bonchev–Trinajstić information content (AvgIpc) is 2.72. The Morgan fingerprint density at radius 1 is 1.14 bits per heavy atom. The number of fused-ring (bicyclic) bond motifs is 5. The molecular formula is C21H20N2O6. The third-order valence-electron chi connectivity index (χ3n) is 5.48. The third kappa shape index (κ3) is 2.74. The van der Waals surface area contributed by atoms with Crippen LogP contribution in [0.4, 0.5) is 10.5 Å². The van der Waals surface area contributed by atoms with Gasteiger partial charge in [0.1, 0.15) is 19.0 Å². The van der Waals surface area contributed by atoms with Crippen molar-refractivity contribution in [1.29, 1.82) is 0 Å². The van der Waals surface area contributed by atoms with E-state index in [-0.39, 0.29) is 12.1 Å². The van der Waals surface area contributed by atoms with E-state index in [1.165, 1.54) is 7.11 Å². The standard InChI is InChI=1S/C21H20N2O6/c1-21-11-15(14-9-12(19(24)26-2)3-5-16(14)29-21)22-20(25)23(21)13-4-6-17-18(10-13)28-8-7-27-17/h3-6,9-10,15H,7-8,11H2,1-2H3,(H,22,25)/t15-,21+/m0/s1. The van der Waals surface area contributed by atoms with Gasteiger partial charge in [0, 0.05) is 18.1 Å². The van der Waals surface area contributed by atoms with Crippen LogP contribution >= 0.6 is 0 Å². The molecule has 8 heteroatoms.